The number of hydrogen-bond acceptors (Lipinski definition) is 7. The number of aliphatic hydroxyl groups excluding tert-OH is 1. The van der Waals surface area contributed by atoms with Crippen LogP contribution in [0.4, 0.5) is 9.18 Å². The summed E-state index contributed by atoms with van der Waals surface area (Å²) in [6.45, 7) is 13.1. The van der Waals surface area contributed by atoms with Gasteiger partial charge in [-0.05, 0) is 56.1 Å². The second-order valence-corrected chi connectivity index (χ2v) is 13.1. The number of para-hydroxylation sites is 1. The molecule has 1 aliphatic rings. The molecule has 0 spiro atoms. The summed E-state index contributed by atoms with van der Waals surface area (Å²) in [5, 5.41) is 30.2. The molecule has 2 N–H and O–H groups in total. The first kappa shape index (κ1) is 35.4. The number of halogens is 1. The van der Waals surface area contributed by atoms with E-state index in [1.165, 1.54) is 15.6 Å². The first-order chi connectivity index (χ1) is 20.8. The number of carbonyl (C=O) groups excluding carboxylic acids is 1. The quantitative estimate of drug-likeness (QED) is 0.292. The van der Waals surface area contributed by atoms with Gasteiger partial charge in [-0.25, -0.2) is 13.9 Å². The van der Waals surface area contributed by atoms with Crippen LogP contribution in [0.2, 0.25) is 0 Å². The highest BCUT2D eigenvalue weighted by Gasteiger charge is 2.49. The van der Waals surface area contributed by atoms with Crippen LogP contribution in [0, 0.1) is 23.1 Å². The maximum atomic E-state index is 14.9. The number of rotatable bonds is 14. The number of likely N-dealkylation sites (tertiary alicyclic amines) is 1. The first-order valence-electron chi connectivity index (χ1n) is 15.6. The number of nitrogens with zero attached hydrogens (tertiary/aromatic N) is 5. The number of ether oxygens (including phenoxy) is 2. The molecule has 4 atom stereocenters. The van der Waals surface area contributed by atoms with Crippen molar-refractivity contribution in [3.8, 4) is 5.69 Å². The summed E-state index contributed by atoms with van der Waals surface area (Å²) >= 11 is 0. The number of piperidine rings is 1. The van der Waals surface area contributed by atoms with Gasteiger partial charge in [0.15, 0.2) is 5.69 Å². The molecule has 12 heteroatoms. The molecule has 3 rings (SSSR count). The smallest absolute Gasteiger partial charge is 0.407 e. The van der Waals surface area contributed by atoms with Gasteiger partial charge in [0.2, 0.25) is 0 Å². The van der Waals surface area contributed by atoms with Crippen molar-refractivity contribution in [1.82, 2.24) is 24.8 Å². The van der Waals surface area contributed by atoms with Gasteiger partial charge in [0.1, 0.15) is 11.5 Å². The Bertz CT molecular complexity index is 1230. The highest BCUT2D eigenvalue weighted by molar-refractivity contribution is 5.93. The van der Waals surface area contributed by atoms with Crippen LogP contribution in [0.1, 0.15) is 77.0 Å². The molecule has 44 heavy (non-hydrogen) atoms. The van der Waals surface area contributed by atoms with Crippen molar-refractivity contribution < 1.29 is 33.7 Å². The van der Waals surface area contributed by atoms with Crippen molar-refractivity contribution in [1.29, 1.82) is 0 Å². The minimum absolute atomic E-state index is 0.0520. The fourth-order valence-corrected chi connectivity index (χ4v) is 6.33. The molecule has 2 unspecified atom stereocenters. The van der Waals surface area contributed by atoms with Gasteiger partial charge in [0.25, 0.3) is 5.91 Å². The highest BCUT2D eigenvalue weighted by atomic mass is 19.1. The molecule has 246 valence electrons. The Labute approximate surface area is 260 Å². The predicted octanol–water partition coefficient (Wildman–Crippen LogP) is 4.65. The molecule has 2 amide bonds. The second kappa shape index (κ2) is 15.8. The van der Waals surface area contributed by atoms with Crippen molar-refractivity contribution in [2.45, 2.75) is 85.4 Å². The maximum Gasteiger partial charge on any atom is 0.407 e. The van der Waals surface area contributed by atoms with Gasteiger partial charge >= 0.3 is 6.09 Å². The van der Waals surface area contributed by atoms with Crippen LogP contribution in [0.3, 0.4) is 0 Å². The summed E-state index contributed by atoms with van der Waals surface area (Å²) in [5.41, 5.74) is 0.304. The molecule has 1 aromatic heterocycles. The van der Waals surface area contributed by atoms with E-state index >= 15 is 0 Å². The van der Waals surface area contributed by atoms with E-state index in [2.05, 4.69) is 10.3 Å². The lowest BCUT2D eigenvalue weighted by molar-refractivity contribution is -0.0787. The Kier molecular flexibility index (Phi) is 12.7. The molecule has 0 aliphatic carbocycles. The molecule has 2 heterocycles. The van der Waals surface area contributed by atoms with E-state index in [1.807, 2.05) is 41.5 Å². The average Bonchev–Trinajstić information content (AvgIpc) is 3.38. The van der Waals surface area contributed by atoms with Crippen molar-refractivity contribution in [2.75, 3.05) is 40.0 Å². The summed E-state index contributed by atoms with van der Waals surface area (Å²) in [5.74, 6) is -1.32. The third-order valence-electron chi connectivity index (χ3n) is 8.13. The molecule has 2 aromatic rings. The zero-order valence-electron chi connectivity index (χ0n) is 27.2. The van der Waals surface area contributed by atoms with E-state index in [1.54, 1.807) is 30.2 Å². The van der Waals surface area contributed by atoms with E-state index in [4.69, 9.17) is 9.47 Å². The van der Waals surface area contributed by atoms with Crippen LogP contribution in [-0.2, 0) is 15.9 Å². The molecule has 1 aromatic carbocycles. The molecule has 1 saturated heterocycles. The second-order valence-electron chi connectivity index (χ2n) is 13.1. The van der Waals surface area contributed by atoms with E-state index < -0.39 is 47.3 Å². The van der Waals surface area contributed by atoms with Gasteiger partial charge in [-0.1, -0.05) is 52.0 Å². The Hall–Kier alpha value is -3.09. The minimum atomic E-state index is -1.11. The monoisotopic (exact) mass is 619 g/mol. The van der Waals surface area contributed by atoms with Gasteiger partial charge in [0.05, 0.1) is 24.4 Å². The number of amides is 2. The maximum absolute atomic E-state index is 14.9. The fraction of sp³-hybridized carbons (Fsp3) is 0.688. The lowest BCUT2D eigenvalue weighted by atomic mass is 9.70. The Morgan fingerprint density at radius 1 is 1.20 bits per heavy atom. The number of methoxy groups -OCH3 is 1. The van der Waals surface area contributed by atoms with Gasteiger partial charge in [-0.15, -0.1) is 5.10 Å². The summed E-state index contributed by atoms with van der Waals surface area (Å²) in [4.78, 5) is 30.2. The van der Waals surface area contributed by atoms with Crippen LogP contribution in [0.15, 0.2) is 24.3 Å². The van der Waals surface area contributed by atoms with E-state index in [0.29, 0.717) is 44.7 Å². The van der Waals surface area contributed by atoms with E-state index in [-0.39, 0.29) is 30.5 Å². The lowest BCUT2D eigenvalue weighted by Gasteiger charge is -2.52. The summed E-state index contributed by atoms with van der Waals surface area (Å²) in [7, 11) is 1.62. The summed E-state index contributed by atoms with van der Waals surface area (Å²) in [6.07, 6.45) is 0.141. The van der Waals surface area contributed by atoms with Crippen LogP contribution >= 0.6 is 0 Å². The molecular weight excluding hydrogens is 569 g/mol. The minimum Gasteiger partial charge on any atom is -0.465 e. The Morgan fingerprint density at radius 2 is 1.91 bits per heavy atom. The van der Waals surface area contributed by atoms with Crippen LogP contribution in [0.25, 0.3) is 5.69 Å². The van der Waals surface area contributed by atoms with Gasteiger partial charge in [-0.2, -0.15) is 0 Å². The Balaban J connectivity index is 2.08. The SMILES string of the molecule is CCOCC(O)[C@@H]1C[C@H](N(CC(C)C)C(=O)c2nnn(-c3ccccc3F)c2CCCCOC)CN(C(=O)O)C1C(C)(C)C. The third kappa shape index (κ3) is 8.54. The number of aromatic nitrogens is 3. The number of carbonyl (C=O) groups is 2. The predicted molar refractivity (Wildman–Crippen MR) is 164 cm³/mol. The number of benzene rings is 1. The van der Waals surface area contributed by atoms with Crippen molar-refractivity contribution in [3.05, 3.63) is 41.5 Å². The average molecular weight is 620 g/mol. The Morgan fingerprint density at radius 3 is 2.50 bits per heavy atom. The first-order valence-corrected chi connectivity index (χ1v) is 15.6. The standard InChI is InChI=1S/C32H50FN5O6/c1-8-44-20-27(39)23-17-22(19-37(31(41)42)29(23)32(4,5)6)36(18-21(2)3)30(40)28-26(15-11-12-16-43-7)38(35-34-28)25-14-10-9-13-24(25)33/h9-10,13-14,21-23,27,29,39H,8,11-12,15-20H2,1-7H3,(H,41,42)/t22-,23-,27?,29?/m0/s1. The molecule has 0 radical (unpaired) electrons. The van der Waals surface area contributed by atoms with Crippen molar-refractivity contribution >= 4 is 12.0 Å². The molecule has 1 fully saturated rings. The number of hydrogen-bond donors (Lipinski definition) is 2. The molecule has 0 bridgehead atoms. The van der Waals surface area contributed by atoms with Crippen LogP contribution in [-0.4, -0.2) is 105 Å². The molecule has 1 aliphatic heterocycles. The van der Waals surface area contributed by atoms with E-state index in [9.17, 15) is 24.2 Å². The summed E-state index contributed by atoms with van der Waals surface area (Å²) < 4.78 is 27.0. The van der Waals surface area contributed by atoms with Crippen LogP contribution in [0.5, 0.6) is 0 Å². The number of carboxylic acid groups (broad SMARTS) is 1. The van der Waals surface area contributed by atoms with Gasteiger partial charge < -0.3 is 29.5 Å². The number of aliphatic hydroxyl groups is 1. The van der Waals surface area contributed by atoms with E-state index in [0.717, 1.165) is 6.42 Å². The van der Waals surface area contributed by atoms with Gasteiger partial charge in [0, 0.05) is 45.4 Å². The number of unbranched alkanes of at least 4 members (excludes halogenated alkanes) is 1. The largest absolute Gasteiger partial charge is 0.465 e. The molecular formula is C32H50FN5O6. The van der Waals surface area contributed by atoms with Gasteiger partial charge in [-0.3, -0.25) is 4.79 Å². The fourth-order valence-electron chi connectivity index (χ4n) is 6.33. The zero-order valence-corrected chi connectivity index (χ0v) is 27.2. The lowest BCUT2D eigenvalue weighted by Crippen LogP contribution is -2.64. The van der Waals surface area contributed by atoms with Crippen molar-refractivity contribution in [3.63, 3.8) is 0 Å². The van der Waals surface area contributed by atoms with Crippen LogP contribution < -0.4 is 0 Å². The highest BCUT2D eigenvalue weighted by Crippen LogP contribution is 2.40. The molecule has 0 saturated carbocycles. The molecule has 11 nitrogen and oxygen atoms in total. The normalized spacial score (nSPS) is 19.8. The third-order valence-corrected chi connectivity index (χ3v) is 8.13. The zero-order chi connectivity index (χ0) is 32.6. The van der Waals surface area contributed by atoms with Crippen molar-refractivity contribution in [2.24, 2.45) is 17.3 Å². The summed E-state index contributed by atoms with van der Waals surface area (Å²) in [6, 6.07) is 5.17. The topological polar surface area (TPSA) is 130 Å².